The molecule has 0 fully saturated rings. The van der Waals surface area contributed by atoms with Gasteiger partial charge in [0.25, 0.3) is 0 Å². The summed E-state index contributed by atoms with van der Waals surface area (Å²) in [5, 5.41) is 2.78. The molecule has 0 aliphatic rings. The normalized spacial score (nSPS) is 10.1. The maximum Gasteiger partial charge on any atom is 0.221 e. The monoisotopic (exact) mass is 253 g/mol. The van der Waals surface area contributed by atoms with Crippen molar-refractivity contribution in [1.29, 1.82) is 0 Å². The van der Waals surface area contributed by atoms with Crippen molar-refractivity contribution < 1.29 is 9.53 Å². The van der Waals surface area contributed by atoms with E-state index in [0.29, 0.717) is 5.75 Å². The van der Waals surface area contributed by atoms with E-state index in [9.17, 15) is 4.79 Å². The number of rotatable bonds is 6. The number of nitrogens with one attached hydrogen (secondary N) is 1. The van der Waals surface area contributed by atoms with Crippen LogP contribution in [0.25, 0.3) is 0 Å². The molecule has 17 heavy (non-hydrogen) atoms. The summed E-state index contributed by atoms with van der Waals surface area (Å²) in [6.07, 6.45) is 3.21. The van der Waals surface area contributed by atoms with E-state index in [-0.39, 0.29) is 5.91 Å². The van der Waals surface area contributed by atoms with E-state index in [1.165, 1.54) is 12.5 Å². The average molecular weight is 253 g/mol. The first kappa shape index (κ1) is 13.9. The number of methoxy groups -OCH3 is 1. The second-order valence-corrected chi connectivity index (χ2v) is 4.34. The summed E-state index contributed by atoms with van der Waals surface area (Å²) in [5.41, 5.74) is 1.94. The van der Waals surface area contributed by atoms with Crippen molar-refractivity contribution in [2.45, 2.75) is 26.2 Å². The van der Waals surface area contributed by atoms with Crippen LogP contribution >= 0.6 is 12.6 Å². The number of ether oxygens (including phenoxy) is 1. The SMILES string of the molecule is COc1ccc(CCCCS)cc1NC(C)=O. The van der Waals surface area contributed by atoms with Crippen LogP contribution in [0.4, 0.5) is 5.69 Å². The predicted octanol–water partition coefficient (Wildman–Crippen LogP) is 2.91. The highest BCUT2D eigenvalue weighted by molar-refractivity contribution is 7.80. The van der Waals surface area contributed by atoms with Gasteiger partial charge in [0.15, 0.2) is 0 Å². The van der Waals surface area contributed by atoms with Gasteiger partial charge in [-0.3, -0.25) is 4.79 Å². The van der Waals surface area contributed by atoms with Crippen LogP contribution in [0.5, 0.6) is 5.75 Å². The van der Waals surface area contributed by atoms with Crippen molar-refractivity contribution in [3.63, 3.8) is 0 Å². The Labute approximate surface area is 108 Å². The van der Waals surface area contributed by atoms with Crippen LogP contribution in [-0.4, -0.2) is 18.8 Å². The number of unbranched alkanes of at least 4 members (excludes halogenated alkanes) is 1. The highest BCUT2D eigenvalue weighted by atomic mass is 32.1. The Balaban J connectivity index is 2.77. The Kier molecular flexibility index (Phi) is 5.91. The van der Waals surface area contributed by atoms with E-state index < -0.39 is 0 Å². The van der Waals surface area contributed by atoms with Crippen LogP contribution in [0.15, 0.2) is 18.2 Å². The molecule has 0 atom stereocenters. The number of thiol groups is 1. The quantitative estimate of drug-likeness (QED) is 0.604. The number of carbonyl (C=O) groups is 1. The largest absolute Gasteiger partial charge is 0.495 e. The molecule has 0 radical (unpaired) electrons. The molecule has 0 spiro atoms. The summed E-state index contributed by atoms with van der Waals surface area (Å²) < 4.78 is 5.20. The maximum atomic E-state index is 11.1. The molecule has 0 unspecified atom stereocenters. The zero-order valence-electron chi connectivity index (χ0n) is 10.3. The van der Waals surface area contributed by atoms with Crippen LogP contribution < -0.4 is 10.1 Å². The third kappa shape index (κ3) is 4.69. The molecule has 0 saturated heterocycles. The van der Waals surface area contributed by atoms with Crippen molar-refractivity contribution >= 4 is 24.2 Å². The Hall–Kier alpha value is -1.16. The van der Waals surface area contributed by atoms with Gasteiger partial charge in [0, 0.05) is 6.92 Å². The minimum absolute atomic E-state index is 0.0872. The second kappa shape index (κ2) is 7.22. The summed E-state index contributed by atoms with van der Waals surface area (Å²) in [7, 11) is 1.60. The molecule has 0 saturated carbocycles. The van der Waals surface area contributed by atoms with Gasteiger partial charge in [0.05, 0.1) is 12.8 Å². The summed E-state index contributed by atoms with van der Waals surface area (Å²) >= 11 is 4.19. The fourth-order valence-corrected chi connectivity index (χ4v) is 1.86. The van der Waals surface area contributed by atoms with E-state index >= 15 is 0 Å². The number of carbonyl (C=O) groups excluding carboxylic acids is 1. The standard InChI is InChI=1S/C13H19NO2S/c1-10(15)14-12-9-11(5-3-4-8-17)6-7-13(12)16-2/h6-7,9,17H,3-5,8H2,1-2H3,(H,14,15). The molecule has 0 heterocycles. The fourth-order valence-electron chi connectivity index (χ4n) is 1.64. The lowest BCUT2D eigenvalue weighted by Gasteiger charge is -2.10. The summed E-state index contributed by atoms with van der Waals surface area (Å²) in [6.45, 7) is 1.49. The van der Waals surface area contributed by atoms with Gasteiger partial charge in [-0.1, -0.05) is 6.07 Å². The molecule has 1 rings (SSSR count). The third-order valence-corrected chi connectivity index (χ3v) is 2.76. The van der Waals surface area contributed by atoms with Gasteiger partial charge in [-0.25, -0.2) is 0 Å². The van der Waals surface area contributed by atoms with E-state index in [1.54, 1.807) is 7.11 Å². The van der Waals surface area contributed by atoms with Crippen LogP contribution in [0, 0.1) is 0 Å². The lowest BCUT2D eigenvalue weighted by molar-refractivity contribution is -0.114. The van der Waals surface area contributed by atoms with E-state index in [2.05, 4.69) is 17.9 Å². The second-order valence-electron chi connectivity index (χ2n) is 3.90. The van der Waals surface area contributed by atoms with Crippen molar-refractivity contribution in [3.05, 3.63) is 23.8 Å². The molecular weight excluding hydrogens is 234 g/mol. The molecule has 3 nitrogen and oxygen atoms in total. The fraction of sp³-hybridized carbons (Fsp3) is 0.462. The molecule has 94 valence electrons. The number of hydrogen-bond acceptors (Lipinski definition) is 3. The van der Waals surface area contributed by atoms with Crippen molar-refractivity contribution in [1.82, 2.24) is 0 Å². The van der Waals surface area contributed by atoms with Crippen LogP contribution in [-0.2, 0) is 11.2 Å². The zero-order valence-corrected chi connectivity index (χ0v) is 11.2. The van der Waals surface area contributed by atoms with Gasteiger partial charge in [-0.2, -0.15) is 12.6 Å². The molecule has 1 aromatic rings. The van der Waals surface area contributed by atoms with Gasteiger partial charge < -0.3 is 10.1 Å². The molecule has 0 aliphatic heterocycles. The Morgan fingerprint density at radius 1 is 1.41 bits per heavy atom. The van der Waals surface area contributed by atoms with Crippen LogP contribution in [0.3, 0.4) is 0 Å². The Morgan fingerprint density at radius 2 is 2.18 bits per heavy atom. The first-order valence-electron chi connectivity index (χ1n) is 5.72. The topological polar surface area (TPSA) is 38.3 Å². The van der Waals surface area contributed by atoms with E-state index in [0.717, 1.165) is 30.7 Å². The first-order valence-corrected chi connectivity index (χ1v) is 6.36. The van der Waals surface area contributed by atoms with Gasteiger partial charge in [0.2, 0.25) is 5.91 Å². The summed E-state index contributed by atoms with van der Waals surface area (Å²) in [4.78, 5) is 11.1. The minimum Gasteiger partial charge on any atom is -0.495 e. The number of benzene rings is 1. The number of amides is 1. The number of anilines is 1. The first-order chi connectivity index (χ1) is 8.17. The van der Waals surface area contributed by atoms with Gasteiger partial charge in [-0.15, -0.1) is 0 Å². The number of aryl methyl sites for hydroxylation is 1. The molecule has 1 amide bonds. The molecule has 0 bridgehead atoms. The van der Waals surface area contributed by atoms with Crippen molar-refractivity contribution in [3.8, 4) is 5.75 Å². The van der Waals surface area contributed by atoms with Gasteiger partial charge in [0.1, 0.15) is 5.75 Å². The van der Waals surface area contributed by atoms with E-state index in [4.69, 9.17) is 4.74 Å². The zero-order chi connectivity index (χ0) is 12.7. The minimum atomic E-state index is -0.0872. The third-order valence-electron chi connectivity index (χ3n) is 2.45. The smallest absolute Gasteiger partial charge is 0.221 e. The molecule has 0 aliphatic carbocycles. The highest BCUT2D eigenvalue weighted by Gasteiger charge is 2.05. The highest BCUT2D eigenvalue weighted by Crippen LogP contribution is 2.26. The molecule has 0 aromatic heterocycles. The van der Waals surface area contributed by atoms with Crippen molar-refractivity contribution in [2.75, 3.05) is 18.2 Å². The molecular formula is C13H19NO2S. The number of hydrogen-bond donors (Lipinski definition) is 2. The Morgan fingerprint density at radius 3 is 2.76 bits per heavy atom. The van der Waals surface area contributed by atoms with Crippen LogP contribution in [0.1, 0.15) is 25.3 Å². The van der Waals surface area contributed by atoms with E-state index in [1.807, 2.05) is 18.2 Å². The Bertz CT molecular complexity index is 380. The van der Waals surface area contributed by atoms with Crippen molar-refractivity contribution in [2.24, 2.45) is 0 Å². The lowest BCUT2D eigenvalue weighted by atomic mass is 10.1. The molecule has 1 N–H and O–H groups in total. The van der Waals surface area contributed by atoms with Gasteiger partial charge >= 0.3 is 0 Å². The maximum absolute atomic E-state index is 11.1. The van der Waals surface area contributed by atoms with Gasteiger partial charge in [-0.05, 0) is 42.7 Å². The lowest BCUT2D eigenvalue weighted by Crippen LogP contribution is -2.07. The summed E-state index contributed by atoms with van der Waals surface area (Å²) in [6, 6.07) is 5.89. The molecule has 1 aromatic carbocycles. The molecule has 4 heteroatoms. The van der Waals surface area contributed by atoms with Crippen LogP contribution in [0.2, 0.25) is 0 Å². The average Bonchev–Trinajstić information content (AvgIpc) is 2.29. The predicted molar refractivity (Wildman–Crippen MR) is 74.1 cm³/mol. The summed E-state index contributed by atoms with van der Waals surface area (Å²) in [5.74, 6) is 1.52.